The first-order chi connectivity index (χ1) is 5.72. The second-order valence-electron chi connectivity index (χ2n) is 2.41. The van der Waals surface area contributed by atoms with Crippen LogP contribution in [0.1, 0.15) is 13.3 Å². The van der Waals surface area contributed by atoms with Gasteiger partial charge in [0.2, 0.25) is 0 Å². The third-order valence-corrected chi connectivity index (χ3v) is 2.09. The highest BCUT2D eigenvalue weighted by Gasteiger charge is 1.93. The summed E-state index contributed by atoms with van der Waals surface area (Å²) < 4.78 is 0. The molecule has 12 heavy (non-hydrogen) atoms. The molecule has 1 aromatic carbocycles. The number of benzene rings is 1. The zero-order chi connectivity index (χ0) is 8.97. The minimum absolute atomic E-state index is 0.739. The van der Waals surface area contributed by atoms with E-state index < -0.39 is 0 Å². The Kier molecular flexibility index (Phi) is 3.50. The molecule has 0 radical (unpaired) electrons. The van der Waals surface area contributed by atoms with Crippen molar-refractivity contribution in [3.8, 4) is 0 Å². The predicted molar refractivity (Wildman–Crippen MR) is 58.0 cm³/mol. The Morgan fingerprint density at radius 1 is 1.42 bits per heavy atom. The Balaban J connectivity index is 2.64. The van der Waals surface area contributed by atoms with Gasteiger partial charge in [-0.15, -0.1) is 0 Å². The summed E-state index contributed by atoms with van der Waals surface area (Å²) in [6, 6.07) is 7.49. The van der Waals surface area contributed by atoms with Gasteiger partial charge in [-0.1, -0.05) is 30.7 Å². The van der Waals surface area contributed by atoms with Crippen LogP contribution in [0.25, 0.3) is 0 Å². The number of halogens is 1. The maximum atomic E-state index is 5.72. The van der Waals surface area contributed by atoms with Crippen LogP contribution in [-0.2, 0) is 0 Å². The van der Waals surface area contributed by atoms with Gasteiger partial charge in [0.1, 0.15) is 0 Å². The number of anilines is 1. The highest BCUT2D eigenvalue weighted by Crippen LogP contribution is 2.13. The molecule has 0 fully saturated rings. The van der Waals surface area contributed by atoms with Gasteiger partial charge in [0.05, 0.1) is 4.99 Å². The van der Waals surface area contributed by atoms with Crippen LogP contribution in [0.3, 0.4) is 0 Å². The predicted octanol–water partition coefficient (Wildman–Crippen LogP) is 3.49. The van der Waals surface area contributed by atoms with E-state index in [9.17, 15) is 0 Å². The molecule has 0 unspecified atom stereocenters. The van der Waals surface area contributed by atoms with Crippen LogP contribution in [0.2, 0.25) is 5.02 Å². The lowest BCUT2D eigenvalue weighted by Gasteiger charge is -2.04. The van der Waals surface area contributed by atoms with Gasteiger partial charge < -0.3 is 5.32 Å². The monoisotopic (exact) mass is 199 g/mol. The molecule has 0 saturated carbocycles. The fourth-order valence-electron chi connectivity index (χ4n) is 0.783. The number of hydrogen-bond donors (Lipinski definition) is 1. The topological polar surface area (TPSA) is 12.0 Å². The summed E-state index contributed by atoms with van der Waals surface area (Å²) in [5.41, 5.74) is 0.992. The molecule has 1 rings (SSSR count). The van der Waals surface area contributed by atoms with Gasteiger partial charge >= 0.3 is 0 Å². The second-order valence-corrected chi connectivity index (χ2v) is 3.34. The van der Waals surface area contributed by atoms with Gasteiger partial charge in [-0.3, -0.25) is 0 Å². The highest BCUT2D eigenvalue weighted by atomic mass is 35.5. The molecule has 0 aliphatic rings. The summed E-state index contributed by atoms with van der Waals surface area (Å²) >= 11 is 10.7. The minimum Gasteiger partial charge on any atom is -0.350 e. The summed E-state index contributed by atoms with van der Waals surface area (Å²) in [6.45, 7) is 2.02. The van der Waals surface area contributed by atoms with Crippen LogP contribution < -0.4 is 5.32 Å². The Hall–Kier alpha value is -0.600. The van der Waals surface area contributed by atoms with E-state index in [0.29, 0.717) is 0 Å². The highest BCUT2D eigenvalue weighted by molar-refractivity contribution is 7.80. The lowest BCUT2D eigenvalue weighted by Crippen LogP contribution is -2.06. The van der Waals surface area contributed by atoms with Gasteiger partial charge in [0.25, 0.3) is 0 Å². The average Bonchev–Trinajstić information content (AvgIpc) is 2.09. The molecule has 0 bridgehead atoms. The third kappa shape index (κ3) is 2.80. The Morgan fingerprint density at radius 3 is 2.50 bits per heavy atom. The largest absolute Gasteiger partial charge is 0.350 e. The first kappa shape index (κ1) is 9.49. The number of hydrogen-bond acceptors (Lipinski definition) is 1. The molecule has 1 aromatic rings. The minimum atomic E-state index is 0.739. The maximum Gasteiger partial charge on any atom is 0.0794 e. The van der Waals surface area contributed by atoms with Crippen LogP contribution in [0, 0.1) is 0 Å². The van der Waals surface area contributed by atoms with E-state index in [4.69, 9.17) is 23.8 Å². The average molecular weight is 200 g/mol. The standard InChI is InChI=1S/C9H10ClNS/c1-2-9(12)11-8-5-3-7(10)4-6-8/h3-6H,2H2,1H3,(H,11,12). The molecule has 64 valence electrons. The Bertz CT molecular complexity index is 268. The first-order valence-electron chi connectivity index (χ1n) is 3.78. The van der Waals surface area contributed by atoms with Crippen molar-refractivity contribution in [2.24, 2.45) is 0 Å². The summed E-state index contributed by atoms with van der Waals surface area (Å²) in [5.74, 6) is 0. The van der Waals surface area contributed by atoms with Crippen LogP contribution in [0.15, 0.2) is 24.3 Å². The van der Waals surface area contributed by atoms with E-state index >= 15 is 0 Å². The van der Waals surface area contributed by atoms with E-state index in [0.717, 1.165) is 22.1 Å². The van der Waals surface area contributed by atoms with Crippen molar-refractivity contribution in [2.75, 3.05) is 5.32 Å². The van der Waals surface area contributed by atoms with Crippen LogP contribution >= 0.6 is 23.8 Å². The molecule has 0 aromatic heterocycles. The van der Waals surface area contributed by atoms with Gasteiger partial charge in [-0.05, 0) is 30.7 Å². The lowest BCUT2D eigenvalue weighted by atomic mass is 10.3. The van der Waals surface area contributed by atoms with Crippen LogP contribution in [0.4, 0.5) is 5.69 Å². The number of nitrogens with one attached hydrogen (secondary N) is 1. The van der Waals surface area contributed by atoms with Gasteiger partial charge in [-0.2, -0.15) is 0 Å². The molecule has 0 amide bonds. The molecule has 0 aliphatic heterocycles. The second kappa shape index (κ2) is 4.43. The molecule has 0 atom stereocenters. The molecular weight excluding hydrogens is 190 g/mol. The fourth-order valence-corrected chi connectivity index (χ4v) is 1.03. The Morgan fingerprint density at radius 2 is 2.00 bits per heavy atom. The van der Waals surface area contributed by atoms with Gasteiger partial charge in [-0.25, -0.2) is 0 Å². The summed E-state index contributed by atoms with van der Waals surface area (Å²) in [5, 5.41) is 3.83. The summed E-state index contributed by atoms with van der Waals surface area (Å²) in [4.78, 5) is 0.845. The molecule has 0 aliphatic carbocycles. The van der Waals surface area contributed by atoms with E-state index in [1.165, 1.54) is 0 Å². The van der Waals surface area contributed by atoms with Crippen LogP contribution in [-0.4, -0.2) is 4.99 Å². The SMILES string of the molecule is CCC(=S)Nc1ccc(Cl)cc1. The van der Waals surface area contributed by atoms with Crippen molar-refractivity contribution in [2.45, 2.75) is 13.3 Å². The number of thiocarbonyl (C=S) groups is 1. The molecule has 1 N–H and O–H groups in total. The lowest BCUT2D eigenvalue weighted by molar-refractivity contribution is 1.31. The van der Waals surface area contributed by atoms with Crippen molar-refractivity contribution >= 4 is 34.5 Å². The van der Waals surface area contributed by atoms with Gasteiger partial charge in [0.15, 0.2) is 0 Å². The van der Waals surface area contributed by atoms with Crippen molar-refractivity contribution < 1.29 is 0 Å². The van der Waals surface area contributed by atoms with Crippen molar-refractivity contribution in [3.05, 3.63) is 29.3 Å². The van der Waals surface area contributed by atoms with Gasteiger partial charge in [0, 0.05) is 10.7 Å². The van der Waals surface area contributed by atoms with Crippen LogP contribution in [0.5, 0.6) is 0 Å². The quantitative estimate of drug-likeness (QED) is 0.732. The Labute approximate surface area is 82.7 Å². The molecule has 3 heteroatoms. The smallest absolute Gasteiger partial charge is 0.0794 e. The van der Waals surface area contributed by atoms with E-state index in [1.54, 1.807) is 0 Å². The summed E-state index contributed by atoms with van der Waals surface area (Å²) in [6.07, 6.45) is 0.859. The molecule has 0 spiro atoms. The molecular formula is C9H10ClNS. The molecule has 0 saturated heterocycles. The van der Waals surface area contributed by atoms with E-state index in [1.807, 2.05) is 31.2 Å². The van der Waals surface area contributed by atoms with E-state index in [2.05, 4.69) is 5.32 Å². The van der Waals surface area contributed by atoms with Crippen molar-refractivity contribution in [3.63, 3.8) is 0 Å². The third-order valence-electron chi connectivity index (χ3n) is 1.45. The maximum absolute atomic E-state index is 5.72. The normalized spacial score (nSPS) is 9.50. The fraction of sp³-hybridized carbons (Fsp3) is 0.222. The van der Waals surface area contributed by atoms with Crippen molar-refractivity contribution in [1.29, 1.82) is 0 Å². The number of rotatable bonds is 2. The molecule has 0 heterocycles. The zero-order valence-electron chi connectivity index (χ0n) is 6.80. The van der Waals surface area contributed by atoms with E-state index in [-0.39, 0.29) is 0 Å². The molecule has 1 nitrogen and oxygen atoms in total. The zero-order valence-corrected chi connectivity index (χ0v) is 8.38. The first-order valence-corrected chi connectivity index (χ1v) is 4.56. The summed E-state index contributed by atoms with van der Waals surface area (Å²) in [7, 11) is 0. The van der Waals surface area contributed by atoms with Crippen molar-refractivity contribution in [1.82, 2.24) is 0 Å².